The van der Waals surface area contributed by atoms with E-state index in [1.54, 1.807) is 0 Å². The Morgan fingerprint density at radius 2 is 1.96 bits per heavy atom. The van der Waals surface area contributed by atoms with Gasteiger partial charge in [0.2, 0.25) is 11.8 Å². The van der Waals surface area contributed by atoms with Gasteiger partial charge in [-0.05, 0) is 32.1 Å². The van der Waals surface area contributed by atoms with Gasteiger partial charge in [0.25, 0.3) is 0 Å². The molecule has 0 saturated carbocycles. The van der Waals surface area contributed by atoms with Crippen LogP contribution in [0.4, 0.5) is 0 Å². The maximum Gasteiger partial charge on any atom is 0.222 e. The first-order valence-corrected chi connectivity index (χ1v) is 8.64. The van der Waals surface area contributed by atoms with Gasteiger partial charge in [0.1, 0.15) is 5.76 Å². The van der Waals surface area contributed by atoms with Gasteiger partial charge in [-0.15, -0.1) is 10.2 Å². The molecular weight excluding hydrogens is 306 g/mol. The number of rotatable bonds is 4. The molecule has 0 radical (unpaired) electrons. The van der Waals surface area contributed by atoms with Crippen LogP contribution in [-0.4, -0.2) is 28.1 Å². The fourth-order valence-corrected chi connectivity index (χ4v) is 3.48. The third kappa shape index (κ3) is 3.24. The smallest absolute Gasteiger partial charge is 0.222 e. The lowest BCUT2D eigenvalue weighted by Gasteiger charge is -2.29. The second kappa shape index (κ2) is 6.31. The Morgan fingerprint density at radius 1 is 1.21 bits per heavy atom. The van der Waals surface area contributed by atoms with Gasteiger partial charge in [-0.2, -0.15) is 0 Å². The van der Waals surface area contributed by atoms with Crippen LogP contribution >= 0.6 is 0 Å². The molecule has 1 unspecified atom stereocenters. The zero-order valence-corrected chi connectivity index (χ0v) is 15.4. The molecule has 6 heteroatoms. The molecule has 132 valence electrons. The zero-order chi connectivity index (χ0) is 17.5. The normalized spacial score (nSPS) is 22.9. The van der Waals surface area contributed by atoms with Crippen molar-refractivity contribution >= 4 is 0 Å². The lowest BCUT2D eigenvalue weighted by Crippen LogP contribution is -2.30. The van der Waals surface area contributed by atoms with E-state index < -0.39 is 0 Å². The Hall–Kier alpha value is -1.69. The van der Waals surface area contributed by atoms with E-state index >= 15 is 0 Å². The first kappa shape index (κ1) is 17.1. The third-order valence-corrected chi connectivity index (χ3v) is 4.83. The number of hydrogen-bond acceptors (Lipinski definition) is 6. The molecule has 1 fully saturated rings. The van der Waals surface area contributed by atoms with Crippen molar-refractivity contribution in [3.8, 4) is 0 Å². The Balaban J connectivity index is 1.75. The highest BCUT2D eigenvalue weighted by molar-refractivity contribution is 5.22. The Morgan fingerprint density at radius 3 is 2.58 bits per heavy atom. The van der Waals surface area contributed by atoms with Crippen molar-refractivity contribution in [2.45, 2.75) is 72.3 Å². The van der Waals surface area contributed by atoms with Gasteiger partial charge in [-0.25, -0.2) is 0 Å². The topological polar surface area (TPSA) is 74.2 Å². The van der Waals surface area contributed by atoms with E-state index in [2.05, 4.69) is 43.0 Å². The predicted octanol–water partition coefficient (Wildman–Crippen LogP) is 3.94. The minimum absolute atomic E-state index is 0.0537. The minimum atomic E-state index is 0.0537. The largest absolute Gasteiger partial charge is 0.425 e. The monoisotopic (exact) mass is 333 g/mol. The summed E-state index contributed by atoms with van der Waals surface area (Å²) in [5.74, 6) is 2.53. The molecule has 0 bridgehead atoms. The van der Waals surface area contributed by atoms with E-state index in [-0.39, 0.29) is 23.4 Å². The molecule has 1 saturated heterocycles. The quantitative estimate of drug-likeness (QED) is 0.843. The summed E-state index contributed by atoms with van der Waals surface area (Å²) in [6, 6.07) is 0. The molecule has 3 atom stereocenters. The second-order valence-electron chi connectivity index (χ2n) is 7.94. The van der Waals surface area contributed by atoms with Gasteiger partial charge in [-0.1, -0.05) is 32.9 Å². The Labute approximate surface area is 143 Å². The molecule has 2 aromatic heterocycles. The maximum atomic E-state index is 6.03. The number of ether oxygens (including phenoxy) is 1. The van der Waals surface area contributed by atoms with Crippen molar-refractivity contribution in [1.82, 2.24) is 15.4 Å². The summed E-state index contributed by atoms with van der Waals surface area (Å²) in [6.45, 7) is 13.3. The molecule has 24 heavy (non-hydrogen) atoms. The lowest BCUT2D eigenvalue weighted by atomic mass is 9.81. The summed E-state index contributed by atoms with van der Waals surface area (Å²) in [4.78, 5) is 0. The molecule has 1 aliphatic rings. The third-order valence-electron chi connectivity index (χ3n) is 4.83. The second-order valence-corrected chi connectivity index (χ2v) is 7.94. The first-order chi connectivity index (χ1) is 11.3. The highest BCUT2D eigenvalue weighted by Crippen LogP contribution is 2.40. The Kier molecular flexibility index (Phi) is 4.51. The van der Waals surface area contributed by atoms with Crippen LogP contribution in [0.25, 0.3) is 0 Å². The van der Waals surface area contributed by atoms with Gasteiger partial charge in [0.05, 0.1) is 17.7 Å². The number of hydrogen-bond donors (Lipinski definition) is 0. The minimum Gasteiger partial charge on any atom is -0.425 e. The van der Waals surface area contributed by atoms with Crippen molar-refractivity contribution in [2.24, 2.45) is 5.41 Å². The van der Waals surface area contributed by atoms with Crippen molar-refractivity contribution in [3.63, 3.8) is 0 Å². The average molecular weight is 333 g/mol. The molecule has 0 N–H and O–H groups in total. The summed E-state index contributed by atoms with van der Waals surface area (Å²) < 4.78 is 17.2. The van der Waals surface area contributed by atoms with Crippen LogP contribution in [0.5, 0.6) is 0 Å². The van der Waals surface area contributed by atoms with Gasteiger partial charge in [0, 0.05) is 18.1 Å². The fraction of sp³-hybridized carbons (Fsp3) is 0.722. The molecule has 0 amide bonds. The molecule has 3 rings (SSSR count). The van der Waals surface area contributed by atoms with E-state index in [0.29, 0.717) is 11.8 Å². The Bertz CT molecular complexity index is 679. The van der Waals surface area contributed by atoms with Crippen molar-refractivity contribution in [3.05, 3.63) is 28.8 Å². The van der Waals surface area contributed by atoms with E-state index in [1.807, 2.05) is 13.8 Å². The predicted molar refractivity (Wildman–Crippen MR) is 88.9 cm³/mol. The van der Waals surface area contributed by atoms with Gasteiger partial charge < -0.3 is 13.7 Å². The summed E-state index contributed by atoms with van der Waals surface area (Å²) in [6.07, 6.45) is 1.83. The first-order valence-electron chi connectivity index (χ1n) is 8.64. The van der Waals surface area contributed by atoms with Crippen LogP contribution in [0.1, 0.15) is 74.8 Å². The SMILES string of the molecule is Cc1noc(C)c1CC(C)c1nnc([C@H]2CCO[C@@H]2C(C)(C)C)o1. The summed E-state index contributed by atoms with van der Waals surface area (Å²) in [7, 11) is 0. The van der Waals surface area contributed by atoms with Crippen LogP contribution in [0.15, 0.2) is 8.94 Å². The average Bonchev–Trinajstić information content (AvgIpc) is 3.20. The molecule has 0 aromatic carbocycles. The van der Waals surface area contributed by atoms with Crippen molar-refractivity contribution in [2.75, 3.05) is 6.61 Å². The van der Waals surface area contributed by atoms with Crippen LogP contribution < -0.4 is 0 Å². The molecule has 6 nitrogen and oxygen atoms in total. The zero-order valence-electron chi connectivity index (χ0n) is 15.4. The van der Waals surface area contributed by atoms with E-state index in [1.165, 1.54) is 0 Å². The maximum absolute atomic E-state index is 6.03. The molecule has 0 aliphatic carbocycles. The molecular formula is C18H27N3O3. The van der Waals surface area contributed by atoms with E-state index in [9.17, 15) is 0 Å². The van der Waals surface area contributed by atoms with Crippen molar-refractivity contribution in [1.29, 1.82) is 0 Å². The molecule has 0 spiro atoms. The van der Waals surface area contributed by atoms with Crippen molar-refractivity contribution < 1.29 is 13.7 Å². The summed E-state index contributed by atoms with van der Waals surface area (Å²) >= 11 is 0. The molecule has 2 aromatic rings. The van der Waals surface area contributed by atoms with E-state index in [4.69, 9.17) is 13.7 Å². The number of aromatic nitrogens is 3. The summed E-state index contributed by atoms with van der Waals surface area (Å²) in [5, 5.41) is 12.6. The highest BCUT2D eigenvalue weighted by atomic mass is 16.5. The van der Waals surface area contributed by atoms with Crippen LogP contribution in [0, 0.1) is 19.3 Å². The van der Waals surface area contributed by atoms with Crippen LogP contribution in [0.3, 0.4) is 0 Å². The van der Waals surface area contributed by atoms with Crippen LogP contribution in [-0.2, 0) is 11.2 Å². The van der Waals surface area contributed by atoms with Gasteiger partial charge >= 0.3 is 0 Å². The summed E-state index contributed by atoms with van der Waals surface area (Å²) in [5.41, 5.74) is 2.10. The molecule has 1 aliphatic heterocycles. The lowest BCUT2D eigenvalue weighted by molar-refractivity contribution is 0.0169. The van der Waals surface area contributed by atoms with Gasteiger partial charge in [-0.3, -0.25) is 0 Å². The van der Waals surface area contributed by atoms with Gasteiger partial charge in [0.15, 0.2) is 0 Å². The standard InChI is InChI=1S/C18H27N3O3/c1-10(9-14-11(2)21-24-12(14)3)16-19-20-17(23-16)13-7-8-22-15(13)18(4,5)6/h10,13,15H,7-9H2,1-6H3/t10?,13-,15-/m0/s1. The van der Waals surface area contributed by atoms with E-state index in [0.717, 1.165) is 36.5 Å². The highest BCUT2D eigenvalue weighted by Gasteiger charge is 2.41. The molecule has 3 heterocycles. The van der Waals surface area contributed by atoms with Crippen LogP contribution in [0.2, 0.25) is 0 Å². The number of nitrogens with zero attached hydrogens (tertiary/aromatic N) is 3. The fourth-order valence-electron chi connectivity index (χ4n) is 3.48. The number of aryl methyl sites for hydroxylation is 2.